The lowest BCUT2D eigenvalue weighted by molar-refractivity contribution is -0.224. The third-order valence-corrected chi connectivity index (χ3v) is 2.63. The molecule has 58 valence electrons. The molecule has 0 aromatic rings. The largest absolute Gasteiger partial charge is 0.384 e. The lowest BCUT2D eigenvalue weighted by atomic mass is 9.93. The van der Waals surface area contributed by atoms with E-state index in [4.69, 9.17) is 9.47 Å². The van der Waals surface area contributed by atoms with Crippen LogP contribution in [0, 0.1) is 0 Å². The summed E-state index contributed by atoms with van der Waals surface area (Å²) in [6.07, 6.45) is 1.42. The molecule has 2 fully saturated rings. The van der Waals surface area contributed by atoms with Gasteiger partial charge in [-0.25, -0.2) is 0 Å². The zero-order chi connectivity index (χ0) is 7.24. The first-order valence-electron chi connectivity index (χ1n) is 3.67. The average molecular weight is 144 g/mol. The Bertz CT molecular complexity index is 129. The van der Waals surface area contributed by atoms with Crippen LogP contribution in [0.2, 0.25) is 0 Å². The van der Waals surface area contributed by atoms with E-state index in [0.717, 1.165) is 0 Å². The highest BCUT2D eigenvalue weighted by atomic mass is 16.7. The van der Waals surface area contributed by atoms with Crippen LogP contribution in [0.25, 0.3) is 0 Å². The van der Waals surface area contributed by atoms with E-state index in [1.165, 1.54) is 0 Å². The minimum absolute atomic E-state index is 0.618. The standard InChI is InChI=1S/C7H12O3/c1-6-7(8,2-4-9-6)3-5-10-6/h8H,2-5H2,1H3. The Morgan fingerprint density at radius 3 is 2.10 bits per heavy atom. The number of rotatable bonds is 0. The molecule has 0 saturated carbocycles. The normalized spacial score (nSPS) is 53.4. The summed E-state index contributed by atoms with van der Waals surface area (Å²) in [7, 11) is 0. The van der Waals surface area contributed by atoms with E-state index in [-0.39, 0.29) is 0 Å². The van der Waals surface area contributed by atoms with E-state index >= 15 is 0 Å². The lowest BCUT2D eigenvalue weighted by Crippen LogP contribution is -2.44. The van der Waals surface area contributed by atoms with Gasteiger partial charge in [-0.05, 0) is 6.92 Å². The molecule has 1 N–H and O–H groups in total. The molecular formula is C7H12O3. The Morgan fingerprint density at radius 1 is 1.20 bits per heavy atom. The SMILES string of the molecule is CC12OCCC1(O)CCO2. The molecule has 10 heavy (non-hydrogen) atoms. The first-order valence-corrected chi connectivity index (χ1v) is 3.67. The quantitative estimate of drug-likeness (QED) is 0.530. The maximum Gasteiger partial charge on any atom is 0.194 e. The van der Waals surface area contributed by atoms with Crippen LogP contribution in [0.4, 0.5) is 0 Å². The topological polar surface area (TPSA) is 38.7 Å². The third kappa shape index (κ3) is 0.603. The predicted octanol–water partition coefficient (Wildman–Crippen LogP) is 0.274. The molecule has 2 aliphatic rings. The molecule has 0 spiro atoms. The van der Waals surface area contributed by atoms with Gasteiger partial charge in [-0.1, -0.05) is 0 Å². The second kappa shape index (κ2) is 1.72. The predicted molar refractivity (Wildman–Crippen MR) is 34.5 cm³/mol. The summed E-state index contributed by atoms with van der Waals surface area (Å²) in [6, 6.07) is 0. The van der Waals surface area contributed by atoms with Crippen molar-refractivity contribution >= 4 is 0 Å². The van der Waals surface area contributed by atoms with E-state index in [9.17, 15) is 5.11 Å². The van der Waals surface area contributed by atoms with Crippen LogP contribution in [-0.2, 0) is 9.47 Å². The van der Waals surface area contributed by atoms with E-state index in [0.29, 0.717) is 26.1 Å². The van der Waals surface area contributed by atoms with Crippen LogP contribution in [0.3, 0.4) is 0 Å². The fourth-order valence-electron chi connectivity index (χ4n) is 1.72. The minimum atomic E-state index is -0.701. The Balaban J connectivity index is 2.30. The van der Waals surface area contributed by atoms with Crippen molar-refractivity contribution in [3.8, 4) is 0 Å². The molecule has 3 nitrogen and oxygen atoms in total. The third-order valence-electron chi connectivity index (χ3n) is 2.63. The number of aliphatic hydroxyl groups is 1. The fourth-order valence-corrected chi connectivity index (χ4v) is 1.72. The molecule has 0 aromatic heterocycles. The van der Waals surface area contributed by atoms with Crippen LogP contribution >= 0.6 is 0 Å². The molecule has 2 rings (SSSR count). The Labute approximate surface area is 59.9 Å². The zero-order valence-corrected chi connectivity index (χ0v) is 6.09. The van der Waals surface area contributed by atoms with E-state index < -0.39 is 11.4 Å². The summed E-state index contributed by atoms with van der Waals surface area (Å²) in [5.41, 5.74) is -0.701. The average Bonchev–Trinajstić information content (AvgIpc) is 2.20. The first-order chi connectivity index (χ1) is 4.66. The summed E-state index contributed by atoms with van der Waals surface area (Å²) < 4.78 is 10.6. The Hall–Kier alpha value is -0.120. The first kappa shape index (κ1) is 6.58. The van der Waals surface area contributed by atoms with Gasteiger partial charge in [0.05, 0.1) is 13.2 Å². The number of hydrogen-bond donors (Lipinski definition) is 1. The van der Waals surface area contributed by atoms with Crippen molar-refractivity contribution in [2.75, 3.05) is 13.2 Å². The summed E-state index contributed by atoms with van der Waals surface area (Å²) in [5.74, 6) is -0.701. The Morgan fingerprint density at radius 2 is 1.70 bits per heavy atom. The monoisotopic (exact) mass is 144 g/mol. The van der Waals surface area contributed by atoms with Crippen molar-refractivity contribution in [1.29, 1.82) is 0 Å². The summed E-state index contributed by atoms with van der Waals surface area (Å²) in [5, 5.41) is 9.84. The van der Waals surface area contributed by atoms with E-state index in [1.807, 2.05) is 6.92 Å². The molecule has 0 unspecified atom stereocenters. The molecule has 0 bridgehead atoms. The van der Waals surface area contributed by atoms with E-state index in [2.05, 4.69) is 0 Å². The van der Waals surface area contributed by atoms with Crippen molar-refractivity contribution < 1.29 is 14.6 Å². The van der Waals surface area contributed by atoms with E-state index in [1.54, 1.807) is 0 Å². The summed E-state index contributed by atoms with van der Waals surface area (Å²) in [4.78, 5) is 0. The second-order valence-corrected chi connectivity index (χ2v) is 3.17. The number of ether oxygens (including phenoxy) is 2. The van der Waals surface area contributed by atoms with Gasteiger partial charge in [0.2, 0.25) is 0 Å². The van der Waals surface area contributed by atoms with Gasteiger partial charge in [-0.3, -0.25) is 0 Å². The molecule has 3 heteroatoms. The smallest absolute Gasteiger partial charge is 0.194 e. The highest BCUT2D eigenvalue weighted by Gasteiger charge is 2.57. The van der Waals surface area contributed by atoms with Gasteiger partial charge in [-0.2, -0.15) is 0 Å². The number of hydrogen-bond acceptors (Lipinski definition) is 3. The number of fused-ring (bicyclic) bond motifs is 1. The summed E-state index contributed by atoms with van der Waals surface area (Å²) in [6.45, 7) is 3.05. The van der Waals surface area contributed by atoms with Crippen LogP contribution < -0.4 is 0 Å². The zero-order valence-electron chi connectivity index (χ0n) is 6.09. The van der Waals surface area contributed by atoms with Gasteiger partial charge >= 0.3 is 0 Å². The molecule has 0 amide bonds. The Kier molecular flexibility index (Phi) is 1.14. The van der Waals surface area contributed by atoms with Gasteiger partial charge in [0.15, 0.2) is 5.79 Å². The molecular weight excluding hydrogens is 132 g/mol. The van der Waals surface area contributed by atoms with Gasteiger partial charge in [0, 0.05) is 12.8 Å². The molecule has 2 saturated heterocycles. The van der Waals surface area contributed by atoms with Crippen LogP contribution in [-0.4, -0.2) is 29.7 Å². The lowest BCUT2D eigenvalue weighted by Gasteiger charge is -2.28. The van der Waals surface area contributed by atoms with Crippen molar-refractivity contribution in [2.24, 2.45) is 0 Å². The fraction of sp³-hybridized carbons (Fsp3) is 1.00. The molecule has 0 aromatic carbocycles. The second-order valence-electron chi connectivity index (χ2n) is 3.17. The highest BCUT2D eigenvalue weighted by Crippen LogP contribution is 2.43. The van der Waals surface area contributed by atoms with Crippen molar-refractivity contribution in [1.82, 2.24) is 0 Å². The minimum Gasteiger partial charge on any atom is -0.384 e. The van der Waals surface area contributed by atoms with Crippen LogP contribution in [0.15, 0.2) is 0 Å². The van der Waals surface area contributed by atoms with Crippen molar-refractivity contribution in [3.05, 3.63) is 0 Å². The molecule has 0 atom stereocenters. The summed E-state index contributed by atoms with van der Waals surface area (Å²) >= 11 is 0. The van der Waals surface area contributed by atoms with Gasteiger partial charge in [0.25, 0.3) is 0 Å². The van der Waals surface area contributed by atoms with Crippen molar-refractivity contribution in [3.63, 3.8) is 0 Å². The van der Waals surface area contributed by atoms with Crippen LogP contribution in [0.5, 0.6) is 0 Å². The maximum absolute atomic E-state index is 9.84. The van der Waals surface area contributed by atoms with Crippen LogP contribution in [0.1, 0.15) is 19.8 Å². The maximum atomic E-state index is 9.84. The van der Waals surface area contributed by atoms with Gasteiger partial charge in [-0.15, -0.1) is 0 Å². The van der Waals surface area contributed by atoms with Gasteiger partial charge < -0.3 is 14.6 Å². The van der Waals surface area contributed by atoms with Crippen molar-refractivity contribution in [2.45, 2.75) is 31.2 Å². The molecule has 0 radical (unpaired) electrons. The highest BCUT2D eigenvalue weighted by molar-refractivity contribution is 5.00. The molecule has 0 aliphatic carbocycles. The molecule has 2 heterocycles. The molecule has 2 aliphatic heterocycles. The van der Waals surface area contributed by atoms with Gasteiger partial charge in [0.1, 0.15) is 5.60 Å².